The minimum absolute atomic E-state index is 0.0442. The van der Waals surface area contributed by atoms with Crippen LogP contribution < -0.4 is 4.74 Å². The summed E-state index contributed by atoms with van der Waals surface area (Å²) in [4.78, 5) is 0. The van der Waals surface area contributed by atoms with Gasteiger partial charge in [-0.1, -0.05) is 18.9 Å². The zero-order chi connectivity index (χ0) is 13.8. The molecule has 0 bridgehead atoms. The fourth-order valence-electron chi connectivity index (χ4n) is 2.85. The predicted molar refractivity (Wildman–Crippen MR) is 77.3 cm³/mol. The number of rotatable bonds is 2. The lowest BCUT2D eigenvalue weighted by molar-refractivity contribution is 0.151. The zero-order valence-electron chi connectivity index (χ0n) is 12.2. The Morgan fingerprint density at radius 3 is 2.58 bits per heavy atom. The molecule has 2 heteroatoms. The third-order valence-electron chi connectivity index (χ3n) is 4.16. The molecule has 1 saturated carbocycles. The molecule has 0 saturated heterocycles. The molecule has 0 heterocycles. The average Bonchev–Trinajstić information content (AvgIpc) is 2.60. The highest BCUT2D eigenvalue weighted by atomic mass is 16.5. The number of hydrogen-bond donors (Lipinski definition) is 0. The molecule has 0 N–H and O–H groups in total. The highest BCUT2D eigenvalue weighted by Gasteiger charge is 2.25. The Labute approximate surface area is 116 Å². The number of benzene rings is 1. The van der Waals surface area contributed by atoms with Gasteiger partial charge < -0.3 is 4.74 Å². The van der Waals surface area contributed by atoms with Gasteiger partial charge in [-0.15, -0.1) is 0 Å². The molecule has 1 aromatic rings. The second-order valence-corrected chi connectivity index (χ2v) is 5.73. The third-order valence-corrected chi connectivity index (χ3v) is 4.16. The van der Waals surface area contributed by atoms with Crippen LogP contribution in [0.4, 0.5) is 0 Å². The number of ether oxygens (including phenoxy) is 1. The summed E-state index contributed by atoms with van der Waals surface area (Å²) in [6, 6.07) is 6.71. The molecular formula is C17H23NO. The van der Waals surface area contributed by atoms with E-state index in [4.69, 9.17) is 4.74 Å². The molecule has 2 rings (SSSR count). The van der Waals surface area contributed by atoms with Crippen molar-refractivity contribution in [2.24, 2.45) is 5.92 Å². The zero-order valence-corrected chi connectivity index (χ0v) is 12.2. The molecule has 19 heavy (non-hydrogen) atoms. The SMILES string of the molecule is Cc1cc(C)c(C)c(OC2CCCCCC2C#N)c1. The summed E-state index contributed by atoms with van der Waals surface area (Å²) in [6.45, 7) is 6.31. The van der Waals surface area contributed by atoms with Crippen LogP contribution in [-0.2, 0) is 0 Å². The topological polar surface area (TPSA) is 33.0 Å². The second kappa shape index (κ2) is 6.10. The van der Waals surface area contributed by atoms with Crippen LogP contribution in [0.3, 0.4) is 0 Å². The molecule has 1 aliphatic carbocycles. The first kappa shape index (κ1) is 13.9. The Balaban J connectivity index is 2.21. The Kier molecular flexibility index (Phi) is 4.47. The van der Waals surface area contributed by atoms with E-state index in [0.29, 0.717) is 0 Å². The van der Waals surface area contributed by atoms with Crippen LogP contribution >= 0.6 is 0 Å². The lowest BCUT2D eigenvalue weighted by Crippen LogP contribution is -2.25. The summed E-state index contributed by atoms with van der Waals surface area (Å²) in [7, 11) is 0. The van der Waals surface area contributed by atoms with E-state index >= 15 is 0 Å². The maximum absolute atomic E-state index is 9.31. The molecule has 2 nitrogen and oxygen atoms in total. The largest absolute Gasteiger partial charge is 0.489 e. The highest BCUT2D eigenvalue weighted by molar-refractivity contribution is 5.42. The van der Waals surface area contributed by atoms with Gasteiger partial charge in [0, 0.05) is 0 Å². The summed E-state index contributed by atoms with van der Waals surface area (Å²) in [5.41, 5.74) is 3.68. The van der Waals surface area contributed by atoms with Crippen molar-refractivity contribution in [2.45, 2.75) is 59.0 Å². The summed E-state index contributed by atoms with van der Waals surface area (Å²) < 4.78 is 6.21. The highest BCUT2D eigenvalue weighted by Crippen LogP contribution is 2.30. The van der Waals surface area contributed by atoms with Gasteiger partial charge in [-0.2, -0.15) is 5.26 Å². The summed E-state index contributed by atoms with van der Waals surface area (Å²) in [5.74, 6) is 1.01. The molecule has 0 amide bonds. The molecule has 0 aliphatic heterocycles. The molecule has 0 radical (unpaired) electrons. The van der Waals surface area contributed by atoms with E-state index in [1.165, 1.54) is 29.5 Å². The number of nitriles is 1. The third kappa shape index (κ3) is 3.29. The monoisotopic (exact) mass is 257 g/mol. The molecule has 2 unspecified atom stereocenters. The first-order valence-electron chi connectivity index (χ1n) is 7.26. The summed E-state index contributed by atoms with van der Waals surface area (Å²) >= 11 is 0. The van der Waals surface area contributed by atoms with Crippen molar-refractivity contribution in [3.63, 3.8) is 0 Å². The minimum atomic E-state index is 0.0442. The number of hydrogen-bond acceptors (Lipinski definition) is 2. The first-order chi connectivity index (χ1) is 9.11. The smallest absolute Gasteiger partial charge is 0.123 e. The van der Waals surface area contributed by atoms with Gasteiger partial charge in [-0.25, -0.2) is 0 Å². The van der Waals surface area contributed by atoms with Gasteiger partial charge in [-0.3, -0.25) is 0 Å². The lowest BCUT2D eigenvalue weighted by atomic mass is 9.98. The fourth-order valence-corrected chi connectivity index (χ4v) is 2.85. The van der Waals surface area contributed by atoms with Crippen molar-refractivity contribution in [3.8, 4) is 11.8 Å². The molecule has 1 aromatic carbocycles. The first-order valence-corrected chi connectivity index (χ1v) is 7.26. The van der Waals surface area contributed by atoms with Crippen molar-refractivity contribution in [2.75, 3.05) is 0 Å². The number of nitrogens with zero attached hydrogens (tertiary/aromatic N) is 1. The van der Waals surface area contributed by atoms with Gasteiger partial charge in [0.15, 0.2) is 0 Å². The van der Waals surface area contributed by atoms with Gasteiger partial charge in [0.05, 0.1) is 12.0 Å². The molecule has 2 atom stereocenters. The van der Waals surface area contributed by atoms with Gasteiger partial charge in [-0.05, 0) is 62.8 Å². The standard InChI is InChI=1S/C17H23NO/c1-12-9-13(2)14(3)17(10-12)19-16-8-6-4-5-7-15(16)11-18/h9-10,15-16H,4-8H2,1-3H3. The van der Waals surface area contributed by atoms with Crippen LogP contribution in [0.5, 0.6) is 5.75 Å². The van der Waals surface area contributed by atoms with Crippen molar-refractivity contribution >= 4 is 0 Å². The van der Waals surface area contributed by atoms with E-state index in [-0.39, 0.29) is 12.0 Å². The summed E-state index contributed by atoms with van der Waals surface area (Å²) in [5, 5.41) is 9.31. The molecule has 102 valence electrons. The van der Waals surface area contributed by atoms with Crippen molar-refractivity contribution in [1.82, 2.24) is 0 Å². The van der Waals surface area contributed by atoms with E-state index in [0.717, 1.165) is 25.0 Å². The van der Waals surface area contributed by atoms with Gasteiger partial charge in [0.1, 0.15) is 11.9 Å². The van der Waals surface area contributed by atoms with Crippen LogP contribution in [0, 0.1) is 38.0 Å². The minimum Gasteiger partial charge on any atom is -0.489 e. The molecule has 1 aliphatic rings. The van der Waals surface area contributed by atoms with Crippen LogP contribution in [-0.4, -0.2) is 6.10 Å². The van der Waals surface area contributed by atoms with Gasteiger partial charge >= 0.3 is 0 Å². The Bertz CT molecular complexity index is 487. The second-order valence-electron chi connectivity index (χ2n) is 5.73. The normalized spacial score (nSPS) is 23.5. The summed E-state index contributed by atoms with van der Waals surface area (Å²) in [6.07, 6.45) is 5.60. The van der Waals surface area contributed by atoms with Gasteiger partial charge in [0.25, 0.3) is 0 Å². The van der Waals surface area contributed by atoms with E-state index in [1.807, 2.05) is 0 Å². The van der Waals surface area contributed by atoms with Crippen LogP contribution in [0.1, 0.15) is 48.8 Å². The molecule has 0 aromatic heterocycles. The van der Waals surface area contributed by atoms with Gasteiger partial charge in [0.2, 0.25) is 0 Å². The van der Waals surface area contributed by atoms with Crippen molar-refractivity contribution < 1.29 is 4.74 Å². The van der Waals surface area contributed by atoms with E-state index < -0.39 is 0 Å². The van der Waals surface area contributed by atoms with Crippen LogP contribution in [0.25, 0.3) is 0 Å². The fraction of sp³-hybridized carbons (Fsp3) is 0.588. The van der Waals surface area contributed by atoms with Crippen LogP contribution in [0.2, 0.25) is 0 Å². The number of aryl methyl sites for hydroxylation is 2. The van der Waals surface area contributed by atoms with Crippen LogP contribution in [0.15, 0.2) is 12.1 Å². The molecule has 1 fully saturated rings. The van der Waals surface area contributed by atoms with E-state index in [9.17, 15) is 5.26 Å². The average molecular weight is 257 g/mol. The van der Waals surface area contributed by atoms with Crippen molar-refractivity contribution in [3.05, 3.63) is 28.8 Å². The Hall–Kier alpha value is -1.49. The quantitative estimate of drug-likeness (QED) is 0.733. The Morgan fingerprint density at radius 2 is 1.84 bits per heavy atom. The molecular weight excluding hydrogens is 234 g/mol. The van der Waals surface area contributed by atoms with E-state index in [2.05, 4.69) is 39.0 Å². The molecule has 0 spiro atoms. The van der Waals surface area contributed by atoms with E-state index in [1.54, 1.807) is 0 Å². The lowest BCUT2D eigenvalue weighted by Gasteiger charge is -2.23. The van der Waals surface area contributed by atoms with Crippen molar-refractivity contribution in [1.29, 1.82) is 5.26 Å². The maximum Gasteiger partial charge on any atom is 0.123 e. The Morgan fingerprint density at radius 1 is 1.11 bits per heavy atom. The maximum atomic E-state index is 9.31. The predicted octanol–water partition coefficient (Wildman–Crippen LogP) is 4.46.